The van der Waals surface area contributed by atoms with Crippen molar-refractivity contribution in [1.82, 2.24) is 0 Å². The number of imide groups is 1. The summed E-state index contributed by atoms with van der Waals surface area (Å²) >= 11 is 6.06. The Morgan fingerprint density at radius 2 is 1.53 bits per heavy atom. The second-order valence-corrected chi connectivity index (χ2v) is 7.64. The van der Waals surface area contributed by atoms with Crippen LogP contribution in [-0.4, -0.2) is 17.9 Å². The lowest BCUT2D eigenvalue weighted by Gasteiger charge is -2.28. The normalized spacial score (nSPS) is 23.2. The van der Waals surface area contributed by atoms with E-state index in [1.165, 1.54) is 12.1 Å². The second kappa shape index (κ2) is 7.23. The summed E-state index contributed by atoms with van der Waals surface area (Å²) in [5.41, 5.74) is 1.79. The molecule has 150 valence electrons. The molecule has 5 nitrogen and oxygen atoms in total. The lowest BCUT2D eigenvalue weighted by atomic mass is 9.90. The maximum Gasteiger partial charge on any atom is 0.266 e. The van der Waals surface area contributed by atoms with Crippen LogP contribution in [0.4, 0.5) is 15.8 Å². The molecule has 0 radical (unpaired) electrons. The van der Waals surface area contributed by atoms with E-state index in [0.717, 1.165) is 4.90 Å². The number of nitrogens with zero attached hydrogens (tertiary/aromatic N) is 2. The Hall–Kier alpha value is -3.22. The number of halogens is 2. The third-order valence-electron chi connectivity index (χ3n) is 5.40. The molecule has 2 aliphatic rings. The van der Waals surface area contributed by atoms with Gasteiger partial charge in [0.05, 0.1) is 17.4 Å². The average molecular weight is 423 g/mol. The molecule has 2 aliphatic heterocycles. The summed E-state index contributed by atoms with van der Waals surface area (Å²) < 4.78 is 13.5. The van der Waals surface area contributed by atoms with Gasteiger partial charge in [0.25, 0.3) is 5.91 Å². The fourth-order valence-electron chi connectivity index (χ4n) is 4.08. The van der Waals surface area contributed by atoms with Crippen molar-refractivity contribution in [3.05, 3.63) is 95.3 Å². The maximum atomic E-state index is 13.5. The smallest absolute Gasteiger partial charge is 0.266 e. The Bertz CT molecular complexity index is 1120. The molecule has 0 unspecified atom stereocenters. The van der Waals surface area contributed by atoms with Crippen LogP contribution in [0.1, 0.15) is 11.6 Å². The number of rotatable bonds is 3. The number of benzene rings is 3. The van der Waals surface area contributed by atoms with Gasteiger partial charge in [-0.05, 0) is 48.0 Å². The Balaban J connectivity index is 1.59. The molecule has 2 amide bonds. The average Bonchev–Trinajstić information content (AvgIpc) is 3.26. The van der Waals surface area contributed by atoms with Crippen LogP contribution < -0.4 is 9.96 Å². The van der Waals surface area contributed by atoms with Gasteiger partial charge in [0, 0.05) is 5.02 Å². The van der Waals surface area contributed by atoms with Crippen molar-refractivity contribution in [3.8, 4) is 0 Å². The van der Waals surface area contributed by atoms with Crippen molar-refractivity contribution < 1.29 is 18.8 Å². The largest absolute Gasteiger partial charge is 0.273 e. The number of para-hydroxylation sites is 1. The highest BCUT2D eigenvalue weighted by molar-refractivity contribution is 6.31. The summed E-state index contributed by atoms with van der Waals surface area (Å²) in [6.07, 6.45) is -0.980. The van der Waals surface area contributed by atoms with Gasteiger partial charge in [-0.1, -0.05) is 48.0 Å². The zero-order valence-electron chi connectivity index (χ0n) is 15.6. The van der Waals surface area contributed by atoms with Crippen LogP contribution in [0, 0.1) is 11.7 Å². The number of fused-ring (bicyclic) bond motifs is 1. The molecule has 0 N–H and O–H groups in total. The van der Waals surface area contributed by atoms with Gasteiger partial charge in [-0.15, -0.1) is 0 Å². The van der Waals surface area contributed by atoms with E-state index in [0.29, 0.717) is 22.0 Å². The predicted octanol–water partition coefficient (Wildman–Crippen LogP) is 4.53. The highest BCUT2D eigenvalue weighted by atomic mass is 35.5. The molecule has 0 aliphatic carbocycles. The molecule has 2 fully saturated rings. The van der Waals surface area contributed by atoms with Crippen molar-refractivity contribution >= 4 is 34.8 Å². The Labute approximate surface area is 177 Å². The van der Waals surface area contributed by atoms with Gasteiger partial charge in [-0.2, -0.15) is 0 Å². The Kier molecular flexibility index (Phi) is 4.53. The first-order valence-corrected chi connectivity index (χ1v) is 9.82. The molecule has 30 heavy (non-hydrogen) atoms. The summed E-state index contributed by atoms with van der Waals surface area (Å²) in [5.74, 6) is -1.98. The molecule has 0 aromatic heterocycles. The maximum absolute atomic E-state index is 13.5. The summed E-state index contributed by atoms with van der Waals surface area (Å²) in [4.78, 5) is 33.7. The molecule has 3 aromatic rings. The summed E-state index contributed by atoms with van der Waals surface area (Å²) in [5, 5.41) is 2.00. The van der Waals surface area contributed by atoms with Crippen LogP contribution in [0.3, 0.4) is 0 Å². The first kappa shape index (κ1) is 18.8. The fourth-order valence-corrected chi connectivity index (χ4v) is 4.27. The quantitative estimate of drug-likeness (QED) is 0.582. The van der Waals surface area contributed by atoms with Gasteiger partial charge in [-0.25, -0.2) is 14.4 Å². The standard InChI is InChI=1S/C23H16ClFN2O3/c24-15-5-4-8-18(13-15)26-22(28)19-20(14-9-11-16(25)12-10-14)27(30-21(19)23(26)29)17-6-2-1-3-7-17/h1-13,19-21H/t19-,20-,21-/m1/s1. The van der Waals surface area contributed by atoms with E-state index < -0.39 is 24.0 Å². The Morgan fingerprint density at radius 3 is 2.23 bits per heavy atom. The van der Waals surface area contributed by atoms with Gasteiger partial charge < -0.3 is 0 Å². The first-order valence-electron chi connectivity index (χ1n) is 9.44. The van der Waals surface area contributed by atoms with E-state index in [4.69, 9.17) is 16.4 Å². The molecule has 7 heteroatoms. The third-order valence-corrected chi connectivity index (χ3v) is 5.64. The lowest BCUT2D eigenvalue weighted by molar-refractivity contribution is -0.126. The van der Waals surface area contributed by atoms with E-state index in [1.807, 2.05) is 30.3 Å². The number of carbonyl (C=O) groups excluding carboxylic acids is 2. The SMILES string of the molecule is O=C1[C@@H]2[C@@H](c3ccc(F)cc3)N(c3ccccc3)O[C@H]2C(=O)N1c1cccc(Cl)c1. The second-order valence-electron chi connectivity index (χ2n) is 7.20. The molecular formula is C23H16ClFN2O3. The van der Waals surface area contributed by atoms with Gasteiger partial charge >= 0.3 is 0 Å². The van der Waals surface area contributed by atoms with Gasteiger partial charge in [0.15, 0.2) is 6.10 Å². The number of hydroxylamine groups is 1. The van der Waals surface area contributed by atoms with Crippen LogP contribution in [0.25, 0.3) is 0 Å². The van der Waals surface area contributed by atoms with Crippen LogP contribution in [0.15, 0.2) is 78.9 Å². The fraction of sp³-hybridized carbons (Fsp3) is 0.130. The van der Waals surface area contributed by atoms with Crippen LogP contribution in [-0.2, 0) is 14.4 Å². The van der Waals surface area contributed by atoms with Crippen molar-refractivity contribution in [2.24, 2.45) is 5.92 Å². The van der Waals surface area contributed by atoms with E-state index in [9.17, 15) is 14.0 Å². The third kappa shape index (κ3) is 2.96. The highest BCUT2D eigenvalue weighted by Gasteiger charge is 2.60. The zero-order valence-corrected chi connectivity index (χ0v) is 16.4. The van der Waals surface area contributed by atoms with Crippen molar-refractivity contribution in [2.75, 3.05) is 9.96 Å². The predicted molar refractivity (Wildman–Crippen MR) is 110 cm³/mol. The Morgan fingerprint density at radius 1 is 0.833 bits per heavy atom. The summed E-state index contributed by atoms with van der Waals surface area (Å²) in [7, 11) is 0. The number of anilines is 2. The van der Waals surface area contributed by atoms with E-state index in [-0.39, 0.29) is 11.7 Å². The molecule has 0 saturated carbocycles. The molecule has 5 rings (SSSR count). The minimum atomic E-state index is -0.980. The van der Waals surface area contributed by atoms with Gasteiger partial charge in [0.1, 0.15) is 11.7 Å². The monoisotopic (exact) mass is 422 g/mol. The van der Waals surface area contributed by atoms with Crippen LogP contribution in [0.2, 0.25) is 5.02 Å². The van der Waals surface area contributed by atoms with Crippen LogP contribution in [0.5, 0.6) is 0 Å². The van der Waals surface area contributed by atoms with Crippen molar-refractivity contribution in [1.29, 1.82) is 0 Å². The zero-order chi connectivity index (χ0) is 20.8. The molecule has 0 spiro atoms. The van der Waals surface area contributed by atoms with E-state index in [1.54, 1.807) is 41.5 Å². The molecular weight excluding hydrogens is 407 g/mol. The van der Waals surface area contributed by atoms with Gasteiger partial charge in [-0.3, -0.25) is 14.4 Å². The number of amides is 2. The van der Waals surface area contributed by atoms with Crippen LogP contribution >= 0.6 is 11.6 Å². The van der Waals surface area contributed by atoms with Crippen molar-refractivity contribution in [3.63, 3.8) is 0 Å². The summed E-state index contributed by atoms with van der Waals surface area (Å²) in [6, 6.07) is 21.1. The molecule has 3 atom stereocenters. The van der Waals surface area contributed by atoms with Gasteiger partial charge in [0.2, 0.25) is 5.91 Å². The number of hydrogen-bond donors (Lipinski definition) is 0. The molecule has 2 saturated heterocycles. The number of hydrogen-bond acceptors (Lipinski definition) is 4. The topological polar surface area (TPSA) is 49.9 Å². The highest BCUT2D eigenvalue weighted by Crippen LogP contribution is 2.47. The minimum absolute atomic E-state index is 0.375. The molecule has 2 heterocycles. The van der Waals surface area contributed by atoms with Crippen molar-refractivity contribution in [2.45, 2.75) is 12.1 Å². The molecule has 0 bridgehead atoms. The summed E-state index contributed by atoms with van der Waals surface area (Å²) in [6.45, 7) is 0. The molecule has 3 aromatic carbocycles. The lowest BCUT2D eigenvalue weighted by Crippen LogP contribution is -2.37. The first-order chi connectivity index (χ1) is 14.5. The minimum Gasteiger partial charge on any atom is -0.273 e. The van der Waals surface area contributed by atoms with E-state index >= 15 is 0 Å². The van der Waals surface area contributed by atoms with E-state index in [2.05, 4.69) is 0 Å². The number of carbonyl (C=O) groups is 2.